The highest BCUT2D eigenvalue weighted by molar-refractivity contribution is 6.76. The van der Waals surface area contributed by atoms with Gasteiger partial charge in [-0.2, -0.15) is 0 Å². The molecule has 3 N–H and O–H groups in total. The van der Waals surface area contributed by atoms with Crippen molar-refractivity contribution in [3.8, 4) is 11.5 Å². The van der Waals surface area contributed by atoms with Crippen LogP contribution in [0.25, 0.3) is 0 Å². The molecule has 0 heterocycles. The molecule has 1 aromatic carbocycles. The zero-order valence-electron chi connectivity index (χ0n) is 19.7. The van der Waals surface area contributed by atoms with E-state index in [4.69, 9.17) is 4.74 Å². The second-order valence-electron chi connectivity index (χ2n) is 10.2. The van der Waals surface area contributed by atoms with Crippen LogP contribution in [0, 0.1) is 36.5 Å². The van der Waals surface area contributed by atoms with Crippen molar-refractivity contribution in [2.24, 2.45) is 5.41 Å². The summed E-state index contributed by atoms with van der Waals surface area (Å²) in [5.74, 6) is -0.275. The van der Waals surface area contributed by atoms with Crippen molar-refractivity contribution in [3.63, 3.8) is 0 Å². The first-order valence-corrected chi connectivity index (χ1v) is 14.9. The molecule has 2 saturated carbocycles. The maximum absolute atomic E-state index is 12.9. The summed E-state index contributed by atoms with van der Waals surface area (Å²) in [4.78, 5) is 37.9. The van der Waals surface area contributed by atoms with Crippen LogP contribution in [0.2, 0.25) is 25.7 Å². The average Bonchev–Trinajstić information content (AvgIpc) is 3.21. The van der Waals surface area contributed by atoms with E-state index < -0.39 is 31.1 Å². The van der Waals surface area contributed by atoms with E-state index in [2.05, 4.69) is 25.0 Å². The Kier molecular flexibility index (Phi) is 7.56. The number of esters is 1. The summed E-state index contributed by atoms with van der Waals surface area (Å²) in [7, 11) is -1.39. The van der Waals surface area contributed by atoms with Gasteiger partial charge in [0.05, 0.1) is 12.5 Å². The number of nitrogens with one attached hydrogen (secondary N) is 1. The van der Waals surface area contributed by atoms with Crippen molar-refractivity contribution in [3.05, 3.63) is 48.8 Å². The SMILES string of the molecule is C[C@@]1(CCC(=O)Nc2c(O)ccc(C(=O)OCC[Si](C)(C)C)c2O)CC[C]2[CH][CH][CH][C]2C1=O. The number of carbonyl (C=O) groups is 3. The highest BCUT2D eigenvalue weighted by Gasteiger charge is 2.48. The molecule has 33 heavy (non-hydrogen) atoms. The molecule has 2 aliphatic rings. The van der Waals surface area contributed by atoms with Crippen molar-refractivity contribution in [2.75, 3.05) is 11.9 Å². The van der Waals surface area contributed by atoms with Crippen LogP contribution >= 0.6 is 0 Å². The molecular formula is C25H32NO6Si. The molecule has 8 heteroatoms. The Labute approximate surface area is 196 Å². The largest absolute Gasteiger partial charge is 0.506 e. The Morgan fingerprint density at radius 2 is 1.91 bits per heavy atom. The third kappa shape index (κ3) is 5.96. The van der Waals surface area contributed by atoms with Gasteiger partial charge < -0.3 is 20.3 Å². The monoisotopic (exact) mass is 470 g/mol. The maximum Gasteiger partial charge on any atom is 0.341 e. The molecule has 2 aliphatic carbocycles. The van der Waals surface area contributed by atoms with Gasteiger partial charge in [0.15, 0.2) is 5.75 Å². The molecule has 3 rings (SSSR count). The van der Waals surface area contributed by atoms with Crippen LogP contribution in [-0.2, 0) is 14.3 Å². The van der Waals surface area contributed by atoms with E-state index >= 15 is 0 Å². The Hall–Kier alpha value is -2.35. The molecule has 0 bridgehead atoms. The quantitative estimate of drug-likeness (QED) is 0.294. The molecule has 0 unspecified atom stereocenters. The molecule has 1 atom stereocenters. The summed E-state index contributed by atoms with van der Waals surface area (Å²) in [5, 5.41) is 23.2. The molecule has 0 spiro atoms. The predicted molar refractivity (Wildman–Crippen MR) is 128 cm³/mol. The Morgan fingerprint density at radius 3 is 2.61 bits per heavy atom. The molecule has 1 amide bonds. The van der Waals surface area contributed by atoms with E-state index in [1.807, 2.05) is 26.2 Å². The topological polar surface area (TPSA) is 113 Å². The third-order valence-corrected chi connectivity index (χ3v) is 7.98. The van der Waals surface area contributed by atoms with Crippen LogP contribution in [-0.4, -0.2) is 42.6 Å². The molecule has 177 valence electrons. The van der Waals surface area contributed by atoms with Gasteiger partial charge in [0, 0.05) is 19.9 Å². The first-order valence-electron chi connectivity index (χ1n) is 11.2. The van der Waals surface area contributed by atoms with Crippen LogP contribution in [0.3, 0.4) is 0 Å². The number of Topliss-reactive ketones (excluding diaryl/α,β-unsaturated/α-hetero) is 1. The number of amides is 1. The lowest BCUT2D eigenvalue weighted by Crippen LogP contribution is -2.39. The fourth-order valence-electron chi connectivity index (χ4n) is 3.97. The van der Waals surface area contributed by atoms with Crippen molar-refractivity contribution < 1.29 is 29.3 Å². The molecular weight excluding hydrogens is 438 g/mol. The van der Waals surface area contributed by atoms with Crippen molar-refractivity contribution >= 4 is 31.4 Å². The number of hydrogen-bond acceptors (Lipinski definition) is 6. The fraction of sp³-hybridized carbons (Fsp3) is 0.440. The van der Waals surface area contributed by atoms with E-state index in [-0.39, 0.29) is 35.8 Å². The first-order chi connectivity index (χ1) is 15.4. The number of ether oxygens (including phenoxy) is 1. The normalized spacial score (nSPS) is 21.6. The third-order valence-electron chi connectivity index (χ3n) is 6.27. The second-order valence-corrected chi connectivity index (χ2v) is 15.8. The van der Waals surface area contributed by atoms with Crippen LogP contribution < -0.4 is 5.32 Å². The molecule has 7 nitrogen and oxygen atoms in total. The predicted octanol–water partition coefficient (Wildman–Crippen LogP) is 4.46. The lowest BCUT2D eigenvalue weighted by atomic mass is 9.64. The number of aromatic hydroxyl groups is 2. The standard InChI is InChI=1S/C25H32NO6Si/c1-25(12-10-16-6-5-7-17(16)23(25)30)13-11-20(28)26-21-19(27)9-8-18(22(21)29)24(31)32-14-15-33(2,3)4/h5-9,27,29H,10-15H2,1-4H3,(H,26,28)/t25-/m0/s1. The zero-order valence-corrected chi connectivity index (χ0v) is 20.7. The van der Waals surface area contributed by atoms with Gasteiger partial charge >= 0.3 is 5.97 Å². The first kappa shape index (κ1) is 25.3. The average molecular weight is 471 g/mol. The zero-order chi connectivity index (χ0) is 24.4. The minimum Gasteiger partial charge on any atom is -0.506 e. The van der Waals surface area contributed by atoms with Crippen LogP contribution in [0.4, 0.5) is 5.69 Å². The molecule has 1 aromatic rings. The minimum atomic E-state index is -1.39. The Balaban J connectivity index is 1.61. The number of fused-ring (bicyclic) bond motifs is 1. The van der Waals surface area contributed by atoms with Gasteiger partial charge in [0.2, 0.25) is 5.91 Å². The summed E-state index contributed by atoms with van der Waals surface area (Å²) in [5.41, 5.74) is -1.01. The van der Waals surface area contributed by atoms with E-state index in [1.54, 1.807) is 0 Å². The van der Waals surface area contributed by atoms with E-state index in [1.165, 1.54) is 12.1 Å². The number of phenols is 2. The lowest BCUT2D eigenvalue weighted by Gasteiger charge is -2.37. The Morgan fingerprint density at radius 1 is 1.18 bits per heavy atom. The van der Waals surface area contributed by atoms with Gasteiger partial charge in [-0.1, -0.05) is 26.6 Å². The Bertz CT molecular complexity index is 924. The summed E-state index contributed by atoms with van der Waals surface area (Å²) in [6.45, 7) is 8.59. The minimum absolute atomic E-state index is 0.0298. The van der Waals surface area contributed by atoms with Crippen molar-refractivity contribution in [1.82, 2.24) is 0 Å². The maximum atomic E-state index is 12.9. The van der Waals surface area contributed by atoms with Gasteiger partial charge in [-0.05, 0) is 62.6 Å². The fourth-order valence-corrected chi connectivity index (χ4v) is 4.69. The molecule has 0 aliphatic heterocycles. The lowest BCUT2D eigenvalue weighted by molar-refractivity contribution is -0.128. The van der Waals surface area contributed by atoms with Crippen LogP contribution in [0.1, 0.15) is 43.0 Å². The smallest absolute Gasteiger partial charge is 0.341 e. The summed E-state index contributed by atoms with van der Waals surface area (Å²) >= 11 is 0. The van der Waals surface area contributed by atoms with E-state index in [9.17, 15) is 24.6 Å². The summed E-state index contributed by atoms with van der Waals surface area (Å²) in [6.07, 6.45) is 7.45. The number of anilines is 1. The summed E-state index contributed by atoms with van der Waals surface area (Å²) < 4.78 is 5.26. The molecule has 0 aromatic heterocycles. The van der Waals surface area contributed by atoms with E-state index in [0.29, 0.717) is 12.8 Å². The van der Waals surface area contributed by atoms with Crippen LogP contribution in [0.15, 0.2) is 12.1 Å². The number of rotatable bonds is 8. The number of phenolic OH excluding ortho intramolecular Hbond substituents is 2. The molecule has 5 radical (unpaired) electrons. The second kappa shape index (κ2) is 9.87. The van der Waals surface area contributed by atoms with Gasteiger partial charge in [-0.3, -0.25) is 9.59 Å². The number of hydrogen-bond donors (Lipinski definition) is 3. The van der Waals surface area contributed by atoms with Crippen LogP contribution in [0.5, 0.6) is 11.5 Å². The van der Waals surface area contributed by atoms with Crippen molar-refractivity contribution in [1.29, 1.82) is 0 Å². The van der Waals surface area contributed by atoms with Gasteiger partial charge in [0.25, 0.3) is 0 Å². The van der Waals surface area contributed by atoms with Gasteiger partial charge in [-0.15, -0.1) is 0 Å². The molecule has 2 fully saturated rings. The number of carbonyl (C=O) groups excluding carboxylic acids is 3. The van der Waals surface area contributed by atoms with E-state index in [0.717, 1.165) is 24.3 Å². The highest BCUT2D eigenvalue weighted by Crippen LogP contribution is 2.50. The number of benzene rings is 1. The summed E-state index contributed by atoms with van der Waals surface area (Å²) in [6, 6.07) is 3.27. The number of ketones is 1. The molecule has 0 saturated heterocycles. The highest BCUT2D eigenvalue weighted by atomic mass is 28.3. The van der Waals surface area contributed by atoms with Gasteiger partial charge in [-0.25, -0.2) is 4.79 Å². The van der Waals surface area contributed by atoms with Crippen molar-refractivity contribution in [2.45, 2.75) is 58.3 Å². The van der Waals surface area contributed by atoms with Gasteiger partial charge in [0.1, 0.15) is 22.8 Å².